The van der Waals surface area contributed by atoms with Crippen LogP contribution in [0.1, 0.15) is 48.1 Å². The largest absolute Gasteiger partial charge is 0.336 e. The molecule has 0 bridgehead atoms. The molecular formula is C27H30ClN5O. The van der Waals surface area contributed by atoms with Crippen LogP contribution in [0.3, 0.4) is 0 Å². The van der Waals surface area contributed by atoms with E-state index in [1.54, 1.807) is 18.0 Å². The number of aryl methyl sites for hydroxylation is 1. The van der Waals surface area contributed by atoms with E-state index >= 15 is 0 Å². The molecule has 2 aromatic heterocycles. The van der Waals surface area contributed by atoms with Crippen molar-refractivity contribution in [3.05, 3.63) is 76.2 Å². The van der Waals surface area contributed by atoms with E-state index in [1.165, 1.54) is 0 Å². The quantitative estimate of drug-likeness (QED) is 0.350. The van der Waals surface area contributed by atoms with Crippen molar-refractivity contribution in [1.29, 1.82) is 0 Å². The van der Waals surface area contributed by atoms with Gasteiger partial charge < -0.3 is 4.90 Å². The number of hydrogen-bond acceptors (Lipinski definition) is 4. The molecule has 0 saturated heterocycles. The Labute approximate surface area is 205 Å². The summed E-state index contributed by atoms with van der Waals surface area (Å²) in [6, 6.07) is 13.3. The van der Waals surface area contributed by atoms with Gasteiger partial charge in [0.05, 0.1) is 16.7 Å². The van der Waals surface area contributed by atoms with Crippen LogP contribution in [0.4, 0.5) is 0 Å². The zero-order valence-electron chi connectivity index (χ0n) is 20.6. The number of hydrogen-bond donors (Lipinski definition) is 0. The standard InChI is InChI=1S/C27H30ClN5O/c1-17-11-12-23-21(13-17)24(31-25(30-23)20-9-7-8-10-22(20)28)26(34)32(6)15-19-14-29-33(18(19)2)16-27(3,4)5/h7-14H,15-16H2,1-6H3. The minimum absolute atomic E-state index is 0.114. The fourth-order valence-electron chi connectivity index (χ4n) is 3.93. The molecule has 0 aliphatic carbocycles. The normalized spacial score (nSPS) is 11.7. The predicted octanol–water partition coefficient (Wildman–Crippen LogP) is 6.08. The van der Waals surface area contributed by atoms with Crippen LogP contribution < -0.4 is 0 Å². The molecule has 0 atom stereocenters. The zero-order valence-corrected chi connectivity index (χ0v) is 21.3. The van der Waals surface area contributed by atoms with Gasteiger partial charge in [-0.15, -0.1) is 0 Å². The van der Waals surface area contributed by atoms with Crippen LogP contribution in [0.25, 0.3) is 22.3 Å². The molecule has 2 heterocycles. The second kappa shape index (κ2) is 9.18. The Balaban J connectivity index is 1.72. The Morgan fingerprint density at radius 3 is 2.53 bits per heavy atom. The van der Waals surface area contributed by atoms with E-state index in [0.29, 0.717) is 34.2 Å². The Morgan fingerprint density at radius 2 is 1.82 bits per heavy atom. The number of carbonyl (C=O) groups is 1. The molecule has 0 fully saturated rings. The Kier molecular flexibility index (Phi) is 6.45. The van der Waals surface area contributed by atoms with Crippen molar-refractivity contribution in [3.63, 3.8) is 0 Å². The van der Waals surface area contributed by atoms with Crippen LogP contribution in [0.2, 0.25) is 5.02 Å². The maximum Gasteiger partial charge on any atom is 0.273 e. The molecule has 0 radical (unpaired) electrons. The van der Waals surface area contributed by atoms with Gasteiger partial charge in [-0.3, -0.25) is 9.48 Å². The number of fused-ring (bicyclic) bond motifs is 1. The third-order valence-electron chi connectivity index (χ3n) is 5.75. The van der Waals surface area contributed by atoms with E-state index in [1.807, 2.05) is 61.1 Å². The van der Waals surface area contributed by atoms with Gasteiger partial charge in [0.25, 0.3) is 5.91 Å². The first-order valence-electron chi connectivity index (χ1n) is 11.3. The Hall–Kier alpha value is -3.25. The first-order valence-corrected chi connectivity index (χ1v) is 11.7. The number of benzene rings is 2. The highest BCUT2D eigenvalue weighted by atomic mass is 35.5. The molecule has 176 valence electrons. The Bertz CT molecular complexity index is 1370. The second-order valence-electron chi connectivity index (χ2n) is 10.0. The smallest absolute Gasteiger partial charge is 0.273 e. The molecule has 4 rings (SSSR count). The summed E-state index contributed by atoms with van der Waals surface area (Å²) in [6.45, 7) is 11.8. The second-order valence-corrected chi connectivity index (χ2v) is 10.4. The topological polar surface area (TPSA) is 63.9 Å². The van der Waals surface area contributed by atoms with Gasteiger partial charge >= 0.3 is 0 Å². The van der Waals surface area contributed by atoms with Crippen LogP contribution >= 0.6 is 11.6 Å². The molecule has 1 amide bonds. The number of carbonyl (C=O) groups excluding carboxylic acids is 1. The summed E-state index contributed by atoms with van der Waals surface area (Å²) in [5, 5.41) is 5.82. The van der Waals surface area contributed by atoms with Gasteiger partial charge in [0, 0.05) is 42.3 Å². The van der Waals surface area contributed by atoms with Gasteiger partial charge in [-0.25, -0.2) is 9.97 Å². The lowest BCUT2D eigenvalue weighted by molar-refractivity contribution is 0.0781. The van der Waals surface area contributed by atoms with Crippen molar-refractivity contribution in [2.45, 2.75) is 47.7 Å². The number of amides is 1. The lowest BCUT2D eigenvalue weighted by atomic mass is 9.97. The van der Waals surface area contributed by atoms with Gasteiger partial charge in [-0.05, 0) is 43.5 Å². The monoisotopic (exact) mass is 475 g/mol. The summed E-state index contributed by atoms with van der Waals surface area (Å²) < 4.78 is 2.01. The van der Waals surface area contributed by atoms with Crippen molar-refractivity contribution < 1.29 is 4.79 Å². The molecule has 0 saturated carbocycles. The van der Waals surface area contributed by atoms with E-state index in [2.05, 4.69) is 25.9 Å². The van der Waals surface area contributed by atoms with Gasteiger partial charge in [-0.1, -0.05) is 56.1 Å². The summed E-state index contributed by atoms with van der Waals surface area (Å²) in [7, 11) is 1.79. The van der Waals surface area contributed by atoms with Gasteiger partial charge in [0.2, 0.25) is 0 Å². The molecule has 0 spiro atoms. The first-order chi connectivity index (χ1) is 16.0. The summed E-state index contributed by atoms with van der Waals surface area (Å²) >= 11 is 6.42. The van der Waals surface area contributed by atoms with Crippen LogP contribution in [0, 0.1) is 19.3 Å². The van der Waals surface area contributed by atoms with E-state index < -0.39 is 0 Å². The molecule has 7 heteroatoms. The third kappa shape index (κ3) is 4.97. The number of halogens is 1. The molecule has 0 N–H and O–H groups in total. The first kappa shape index (κ1) is 23.9. The average molecular weight is 476 g/mol. The van der Waals surface area contributed by atoms with Crippen molar-refractivity contribution in [2.75, 3.05) is 7.05 Å². The molecule has 0 aliphatic rings. The Morgan fingerprint density at radius 1 is 1.09 bits per heavy atom. The molecule has 0 unspecified atom stereocenters. The summed E-state index contributed by atoms with van der Waals surface area (Å²) in [6.07, 6.45) is 1.85. The van der Waals surface area contributed by atoms with E-state index in [9.17, 15) is 4.79 Å². The fourth-order valence-corrected chi connectivity index (χ4v) is 4.15. The highest BCUT2D eigenvalue weighted by molar-refractivity contribution is 6.33. The van der Waals surface area contributed by atoms with Crippen LogP contribution in [-0.2, 0) is 13.1 Å². The maximum atomic E-state index is 13.7. The summed E-state index contributed by atoms with van der Waals surface area (Å²) in [5.74, 6) is 0.266. The van der Waals surface area contributed by atoms with Crippen molar-refractivity contribution >= 4 is 28.4 Å². The van der Waals surface area contributed by atoms with Crippen molar-refractivity contribution in [2.24, 2.45) is 5.41 Å². The predicted molar refractivity (Wildman–Crippen MR) is 137 cm³/mol. The minimum atomic E-state index is -0.172. The van der Waals surface area contributed by atoms with Crippen LogP contribution in [0.15, 0.2) is 48.7 Å². The number of rotatable bonds is 5. The molecular weight excluding hydrogens is 446 g/mol. The van der Waals surface area contributed by atoms with Crippen molar-refractivity contribution in [3.8, 4) is 11.4 Å². The van der Waals surface area contributed by atoms with Crippen LogP contribution in [-0.4, -0.2) is 37.6 Å². The highest BCUT2D eigenvalue weighted by Gasteiger charge is 2.22. The van der Waals surface area contributed by atoms with Gasteiger partial charge in [0.15, 0.2) is 5.82 Å². The van der Waals surface area contributed by atoms with E-state index in [0.717, 1.165) is 28.8 Å². The highest BCUT2D eigenvalue weighted by Crippen LogP contribution is 2.28. The number of nitrogens with zero attached hydrogens (tertiary/aromatic N) is 5. The average Bonchev–Trinajstić information content (AvgIpc) is 3.10. The molecule has 0 aliphatic heterocycles. The fraction of sp³-hybridized carbons (Fsp3) is 0.333. The van der Waals surface area contributed by atoms with E-state index in [4.69, 9.17) is 21.6 Å². The zero-order chi connectivity index (χ0) is 24.6. The van der Waals surface area contributed by atoms with Gasteiger partial charge in [0.1, 0.15) is 5.69 Å². The minimum Gasteiger partial charge on any atom is -0.336 e. The van der Waals surface area contributed by atoms with Crippen molar-refractivity contribution in [1.82, 2.24) is 24.6 Å². The van der Waals surface area contributed by atoms with E-state index in [-0.39, 0.29) is 11.3 Å². The number of aromatic nitrogens is 4. The third-order valence-corrected chi connectivity index (χ3v) is 6.08. The molecule has 6 nitrogen and oxygen atoms in total. The lowest BCUT2D eigenvalue weighted by Gasteiger charge is -2.20. The SMILES string of the molecule is Cc1ccc2nc(-c3ccccc3Cl)nc(C(=O)N(C)Cc3cnn(CC(C)(C)C)c3C)c2c1. The maximum absolute atomic E-state index is 13.7. The summed E-state index contributed by atoms with van der Waals surface area (Å²) in [4.78, 5) is 24.8. The molecule has 2 aromatic carbocycles. The molecule has 34 heavy (non-hydrogen) atoms. The van der Waals surface area contributed by atoms with Crippen LogP contribution in [0.5, 0.6) is 0 Å². The lowest BCUT2D eigenvalue weighted by Crippen LogP contribution is -2.28. The molecule has 4 aromatic rings. The summed E-state index contributed by atoms with van der Waals surface area (Å²) in [5.41, 5.74) is 5.01. The van der Waals surface area contributed by atoms with Gasteiger partial charge in [-0.2, -0.15) is 5.10 Å².